The van der Waals surface area contributed by atoms with E-state index in [0.29, 0.717) is 0 Å². The Morgan fingerprint density at radius 3 is 2.75 bits per heavy atom. The number of hydrogen-bond donors (Lipinski definition) is 1. The minimum absolute atomic E-state index is 0.00907. The number of nitrogens with zero attached hydrogens (tertiary/aromatic N) is 1. The summed E-state index contributed by atoms with van der Waals surface area (Å²) in [7, 11) is -2.49. The van der Waals surface area contributed by atoms with E-state index in [-0.39, 0.29) is 17.1 Å². The Labute approximate surface area is 116 Å². The van der Waals surface area contributed by atoms with Gasteiger partial charge in [-0.15, -0.1) is 0 Å². The molecule has 0 aromatic heterocycles. The minimum Gasteiger partial charge on any atom is -0.468 e. The average Bonchev–Trinajstić information content (AvgIpc) is 2.48. The quantitative estimate of drug-likeness (QED) is 0.724. The van der Waals surface area contributed by atoms with Crippen LogP contribution < -0.4 is 10.6 Å². The molecule has 1 aromatic rings. The van der Waals surface area contributed by atoms with Gasteiger partial charge in [0.15, 0.2) is 9.84 Å². The van der Waals surface area contributed by atoms with Crippen molar-refractivity contribution in [3.05, 3.63) is 24.3 Å². The first kappa shape index (κ1) is 14.5. The lowest BCUT2D eigenvalue weighted by molar-refractivity contribution is -0.140. The largest absolute Gasteiger partial charge is 0.468 e. The molecule has 1 heterocycles. The zero-order chi connectivity index (χ0) is 14.9. The third-order valence-corrected chi connectivity index (χ3v) is 4.80. The molecule has 0 fully saturated rings. The molecule has 2 rings (SSSR count). The van der Waals surface area contributed by atoms with E-state index in [1.54, 1.807) is 12.1 Å². The van der Waals surface area contributed by atoms with Gasteiger partial charge in [-0.05, 0) is 12.1 Å². The first-order chi connectivity index (χ1) is 9.36. The Morgan fingerprint density at radius 2 is 2.10 bits per heavy atom. The maximum atomic E-state index is 12.2. The number of ether oxygens (including phenoxy) is 1. The molecule has 1 aliphatic heterocycles. The molecular formula is C12H14N2O5S. The molecule has 0 unspecified atom stereocenters. The third kappa shape index (κ3) is 2.52. The average molecular weight is 298 g/mol. The highest BCUT2D eigenvalue weighted by atomic mass is 32.2. The van der Waals surface area contributed by atoms with Crippen LogP contribution in [0.4, 0.5) is 5.69 Å². The molecule has 1 aromatic carbocycles. The highest BCUT2D eigenvalue weighted by Crippen LogP contribution is 2.29. The minimum atomic E-state index is -3.68. The van der Waals surface area contributed by atoms with Crippen molar-refractivity contribution in [2.24, 2.45) is 5.73 Å². The fourth-order valence-corrected chi connectivity index (χ4v) is 3.59. The van der Waals surface area contributed by atoms with E-state index in [9.17, 15) is 18.0 Å². The molecule has 1 amide bonds. The van der Waals surface area contributed by atoms with E-state index >= 15 is 0 Å². The molecule has 0 saturated heterocycles. The molecule has 20 heavy (non-hydrogen) atoms. The number of anilines is 1. The van der Waals surface area contributed by atoms with E-state index in [4.69, 9.17) is 5.73 Å². The van der Waals surface area contributed by atoms with Crippen LogP contribution in [0.1, 0.15) is 0 Å². The molecule has 2 N–H and O–H groups in total. The van der Waals surface area contributed by atoms with E-state index in [0.717, 1.165) is 4.90 Å². The summed E-state index contributed by atoms with van der Waals surface area (Å²) in [5.41, 5.74) is 5.77. The fraction of sp³-hybridized carbons (Fsp3) is 0.333. The Hall–Kier alpha value is -1.93. The van der Waals surface area contributed by atoms with Crippen LogP contribution in [0.25, 0.3) is 0 Å². The zero-order valence-corrected chi connectivity index (χ0v) is 11.6. The monoisotopic (exact) mass is 298 g/mol. The lowest BCUT2D eigenvalue weighted by Crippen LogP contribution is -2.47. The van der Waals surface area contributed by atoms with E-state index < -0.39 is 33.5 Å². The lowest BCUT2D eigenvalue weighted by atomic mass is 10.2. The van der Waals surface area contributed by atoms with Crippen LogP contribution in [0, 0.1) is 0 Å². The number of sulfone groups is 1. The van der Waals surface area contributed by atoms with Crippen molar-refractivity contribution in [3.63, 3.8) is 0 Å². The maximum absolute atomic E-state index is 12.2. The maximum Gasteiger partial charge on any atom is 0.325 e. The zero-order valence-electron chi connectivity index (χ0n) is 10.8. The predicted molar refractivity (Wildman–Crippen MR) is 70.8 cm³/mol. The summed E-state index contributed by atoms with van der Waals surface area (Å²) < 4.78 is 28.9. The van der Waals surface area contributed by atoms with Gasteiger partial charge in [0.05, 0.1) is 29.5 Å². The number of carbonyl (C=O) groups is 2. The Kier molecular flexibility index (Phi) is 3.78. The number of nitrogens with two attached hydrogens (primary N) is 1. The summed E-state index contributed by atoms with van der Waals surface area (Å²) in [4.78, 5) is 24.6. The third-order valence-electron chi connectivity index (χ3n) is 2.99. The van der Waals surface area contributed by atoms with Gasteiger partial charge in [0.2, 0.25) is 5.91 Å². The van der Waals surface area contributed by atoms with Crippen LogP contribution in [0.3, 0.4) is 0 Å². The van der Waals surface area contributed by atoms with Crippen LogP contribution in [0.15, 0.2) is 29.2 Å². The van der Waals surface area contributed by atoms with Crippen molar-refractivity contribution in [2.45, 2.75) is 10.9 Å². The van der Waals surface area contributed by atoms with Gasteiger partial charge in [-0.3, -0.25) is 14.5 Å². The second-order valence-corrected chi connectivity index (χ2v) is 6.36. The molecule has 0 spiro atoms. The smallest absolute Gasteiger partial charge is 0.325 e. The molecule has 0 aliphatic carbocycles. The molecular weight excluding hydrogens is 284 g/mol. The molecule has 7 nitrogen and oxygen atoms in total. The van der Waals surface area contributed by atoms with Gasteiger partial charge in [-0.25, -0.2) is 8.42 Å². The van der Waals surface area contributed by atoms with Gasteiger partial charge in [0.25, 0.3) is 0 Å². The van der Waals surface area contributed by atoms with Crippen LogP contribution >= 0.6 is 0 Å². The lowest BCUT2D eigenvalue weighted by Gasteiger charge is -2.22. The van der Waals surface area contributed by atoms with E-state index in [1.165, 1.54) is 19.2 Å². The number of benzene rings is 1. The number of fused-ring (bicyclic) bond motifs is 1. The van der Waals surface area contributed by atoms with Gasteiger partial charge < -0.3 is 10.5 Å². The SMILES string of the molecule is COC(=O)CN1C(=O)[C@@H](N)CS(=O)(=O)c2ccccc21. The summed E-state index contributed by atoms with van der Waals surface area (Å²) in [5.74, 6) is -1.76. The summed E-state index contributed by atoms with van der Waals surface area (Å²) >= 11 is 0. The molecule has 0 saturated carbocycles. The topological polar surface area (TPSA) is 107 Å². The second kappa shape index (κ2) is 5.22. The number of hydrogen-bond acceptors (Lipinski definition) is 6. The van der Waals surface area contributed by atoms with Gasteiger partial charge >= 0.3 is 5.97 Å². The number of carbonyl (C=O) groups excluding carboxylic acids is 2. The van der Waals surface area contributed by atoms with Gasteiger partial charge in [-0.2, -0.15) is 0 Å². The van der Waals surface area contributed by atoms with Crippen molar-refractivity contribution in [1.82, 2.24) is 0 Å². The van der Waals surface area contributed by atoms with E-state index in [1.807, 2.05) is 0 Å². The fourth-order valence-electron chi connectivity index (χ4n) is 2.02. The Balaban J connectivity index is 2.59. The Bertz CT molecular complexity index is 656. The molecule has 1 atom stereocenters. The summed E-state index contributed by atoms with van der Waals surface area (Å²) in [6.07, 6.45) is 0. The molecule has 0 radical (unpaired) electrons. The van der Waals surface area contributed by atoms with Crippen LogP contribution in [-0.2, 0) is 24.2 Å². The molecule has 108 valence electrons. The number of esters is 1. The van der Waals surface area contributed by atoms with Crippen molar-refractivity contribution in [3.8, 4) is 0 Å². The summed E-state index contributed by atoms with van der Waals surface area (Å²) in [5, 5.41) is 0. The highest BCUT2D eigenvalue weighted by Gasteiger charge is 2.36. The normalized spacial score (nSPS) is 21.0. The molecule has 8 heteroatoms. The Morgan fingerprint density at radius 1 is 1.45 bits per heavy atom. The summed E-state index contributed by atoms with van der Waals surface area (Å²) in [6, 6.07) is 4.78. The van der Waals surface area contributed by atoms with Crippen molar-refractivity contribution >= 4 is 27.4 Å². The predicted octanol–water partition coefficient (Wildman–Crippen LogP) is -0.693. The first-order valence-electron chi connectivity index (χ1n) is 5.82. The number of amides is 1. The second-order valence-electron chi connectivity index (χ2n) is 4.36. The summed E-state index contributed by atoms with van der Waals surface area (Å²) in [6.45, 7) is -0.379. The van der Waals surface area contributed by atoms with Gasteiger partial charge in [0.1, 0.15) is 6.54 Å². The van der Waals surface area contributed by atoms with Gasteiger partial charge in [-0.1, -0.05) is 12.1 Å². The van der Waals surface area contributed by atoms with E-state index in [2.05, 4.69) is 4.74 Å². The molecule has 1 aliphatic rings. The van der Waals surface area contributed by atoms with Crippen molar-refractivity contribution < 1.29 is 22.7 Å². The van der Waals surface area contributed by atoms with Crippen LogP contribution in [0.2, 0.25) is 0 Å². The van der Waals surface area contributed by atoms with Gasteiger partial charge in [0, 0.05) is 0 Å². The van der Waals surface area contributed by atoms with Crippen LogP contribution in [0.5, 0.6) is 0 Å². The first-order valence-corrected chi connectivity index (χ1v) is 7.47. The van der Waals surface area contributed by atoms with Crippen LogP contribution in [-0.4, -0.2) is 45.7 Å². The number of para-hydroxylation sites is 1. The number of methoxy groups -OCH3 is 1. The van der Waals surface area contributed by atoms with Crippen molar-refractivity contribution in [2.75, 3.05) is 24.3 Å². The standard InChI is InChI=1S/C12H14N2O5S/c1-19-11(15)6-14-9-4-2-3-5-10(9)20(17,18)7-8(13)12(14)16/h2-5,8H,6-7,13H2,1H3/t8-/m0/s1. The highest BCUT2D eigenvalue weighted by molar-refractivity contribution is 7.91. The number of rotatable bonds is 2. The molecule has 0 bridgehead atoms. The van der Waals surface area contributed by atoms with Crippen molar-refractivity contribution in [1.29, 1.82) is 0 Å².